The predicted molar refractivity (Wildman–Crippen MR) is 94.6 cm³/mol. The molecule has 0 aromatic heterocycles. The summed E-state index contributed by atoms with van der Waals surface area (Å²) < 4.78 is 5.07. The number of amides is 2. The van der Waals surface area contributed by atoms with Crippen LogP contribution in [0.2, 0.25) is 0 Å². The Morgan fingerprint density at radius 2 is 1.50 bits per heavy atom. The summed E-state index contributed by atoms with van der Waals surface area (Å²) >= 11 is 0. The Kier molecular flexibility index (Phi) is 6.37. The van der Waals surface area contributed by atoms with Gasteiger partial charge in [0.2, 0.25) is 0 Å². The molecule has 0 heterocycles. The number of methoxy groups -OCH3 is 1. The number of benzene rings is 2. The summed E-state index contributed by atoms with van der Waals surface area (Å²) in [4.78, 5) is 24.1. The highest BCUT2D eigenvalue weighted by Crippen LogP contribution is 2.14. The molecule has 0 radical (unpaired) electrons. The maximum absolute atomic E-state index is 12.2. The van der Waals surface area contributed by atoms with Gasteiger partial charge in [0.15, 0.2) is 0 Å². The number of rotatable bonds is 7. The van der Waals surface area contributed by atoms with Crippen LogP contribution < -0.4 is 15.4 Å². The lowest BCUT2D eigenvalue weighted by Crippen LogP contribution is -2.24. The lowest BCUT2D eigenvalue weighted by molar-refractivity contribution is 0.0952. The van der Waals surface area contributed by atoms with Gasteiger partial charge in [0.05, 0.1) is 7.11 Å². The highest BCUT2D eigenvalue weighted by Gasteiger charge is 2.08. The van der Waals surface area contributed by atoms with Crippen molar-refractivity contribution < 1.29 is 14.3 Å². The van der Waals surface area contributed by atoms with Crippen molar-refractivity contribution in [2.45, 2.75) is 19.8 Å². The van der Waals surface area contributed by atoms with Crippen LogP contribution in [0.1, 0.15) is 40.5 Å². The fourth-order valence-corrected chi connectivity index (χ4v) is 2.13. The zero-order chi connectivity index (χ0) is 17.4. The average molecular weight is 326 g/mol. The van der Waals surface area contributed by atoms with Crippen LogP contribution in [0, 0.1) is 0 Å². The molecule has 0 saturated heterocycles. The van der Waals surface area contributed by atoms with Gasteiger partial charge in [-0.2, -0.15) is 0 Å². The first kappa shape index (κ1) is 17.5. The first-order valence-electron chi connectivity index (χ1n) is 7.97. The molecule has 0 aliphatic rings. The Balaban J connectivity index is 1.95. The van der Waals surface area contributed by atoms with E-state index in [1.165, 1.54) is 0 Å². The Morgan fingerprint density at radius 3 is 2.08 bits per heavy atom. The third kappa shape index (κ3) is 4.84. The van der Waals surface area contributed by atoms with Crippen LogP contribution in [-0.4, -0.2) is 25.5 Å². The highest BCUT2D eigenvalue weighted by molar-refractivity contribution is 6.04. The number of nitrogens with one attached hydrogen (secondary N) is 2. The molecule has 24 heavy (non-hydrogen) atoms. The standard InChI is InChI=1S/C19H22N2O3/c1-3-4-13-20-18(22)14-5-9-16(10-6-14)21-19(23)15-7-11-17(24-2)12-8-15/h5-12H,3-4,13H2,1-2H3,(H,20,22)(H,21,23). The normalized spacial score (nSPS) is 10.1. The maximum atomic E-state index is 12.2. The Bertz CT molecular complexity index is 679. The molecule has 0 fully saturated rings. The number of hydrogen-bond acceptors (Lipinski definition) is 3. The topological polar surface area (TPSA) is 67.4 Å². The van der Waals surface area contributed by atoms with E-state index in [2.05, 4.69) is 17.6 Å². The minimum absolute atomic E-state index is 0.100. The molecule has 2 rings (SSSR count). The number of carbonyl (C=O) groups is 2. The Morgan fingerprint density at radius 1 is 0.917 bits per heavy atom. The molecular weight excluding hydrogens is 304 g/mol. The van der Waals surface area contributed by atoms with Gasteiger partial charge in [-0.05, 0) is 55.0 Å². The second kappa shape index (κ2) is 8.72. The summed E-state index contributed by atoms with van der Waals surface area (Å²) in [6, 6.07) is 13.7. The molecule has 0 aliphatic heterocycles. The molecule has 0 aliphatic carbocycles. The van der Waals surface area contributed by atoms with Gasteiger partial charge in [0.1, 0.15) is 5.75 Å². The van der Waals surface area contributed by atoms with Gasteiger partial charge >= 0.3 is 0 Å². The Labute approximate surface area is 142 Å². The first-order valence-corrected chi connectivity index (χ1v) is 7.97. The van der Waals surface area contributed by atoms with Gasteiger partial charge in [-0.15, -0.1) is 0 Å². The van der Waals surface area contributed by atoms with E-state index in [1.54, 1.807) is 55.6 Å². The summed E-state index contributed by atoms with van der Waals surface area (Å²) in [5.41, 5.74) is 1.76. The van der Waals surface area contributed by atoms with Crippen LogP contribution in [0.5, 0.6) is 5.75 Å². The molecule has 2 N–H and O–H groups in total. The number of anilines is 1. The van der Waals surface area contributed by atoms with E-state index < -0.39 is 0 Å². The number of unbranched alkanes of at least 4 members (excludes halogenated alkanes) is 1. The largest absolute Gasteiger partial charge is 0.497 e. The van der Waals surface area contributed by atoms with Crippen LogP contribution in [-0.2, 0) is 0 Å². The van der Waals surface area contributed by atoms with E-state index in [0.29, 0.717) is 29.1 Å². The van der Waals surface area contributed by atoms with E-state index in [-0.39, 0.29) is 11.8 Å². The molecule has 126 valence electrons. The van der Waals surface area contributed by atoms with Crippen LogP contribution >= 0.6 is 0 Å². The highest BCUT2D eigenvalue weighted by atomic mass is 16.5. The molecule has 2 amide bonds. The third-order valence-corrected chi connectivity index (χ3v) is 3.57. The lowest BCUT2D eigenvalue weighted by atomic mass is 10.1. The molecule has 0 unspecified atom stereocenters. The van der Waals surface area contributed by atoms with E-state index in [4.69, 9.17) is 4.74 Å². The van der Waals surface area contributed by atoms with Gasteiger partial charge in [-0.3, -0.25) is 9.59 Å². The van der Waals surface area contributed by atoms with Crippen LogP contribution in [0.25, 0.3) is 0 Å². The molecule has 0 saturated carbocycles. The zero-order valence-corrected chi connectivity index (χ0v) is 14.0. The van der Waals surface area contributed by atoms with Crippen molar-refractivity contribution in [1.29, 1.82) is 0 Å². The van der Waals surface area contributed by atoms with Crippen molar-refractivity contribution in [1.82, 2.24) is 5.32 Å². The predicted octanol–water partition coefficient (Wildman–Crippen LogP) is 3.48. The molecule has 0 bridgehead atoms. The van der Waals surface area contributed by atoms with Crippen molar-refractivity contribution in [3.63, 3.8) is 0 Å². The van der Waals surface area contributed by atoms with Crippen molar-refractivity contribution >= 4 is 17.5 Å². The smallest absolute Gasteiger partial charge is 0.255 e. The van der Waals surface area contributed by atoms with Gasteiger partial charge in [-0.25, -0.2) is 0 Å². The van der Waals surface area contributed by atoms with E-state index in [9.17, 15) is 9.59 Å². The third-order valence-electron chi connectivity index (χ3n) is 3.57. The van der Waals surface area contributed by atoms with Gasteiger partial charge in [0.25, 0.3) is 11.8 Å². The summed E-state index contributed by atoms with van der Waals surface area (Å²) in [5, 5.41) is 5.66. The number of ether oxygens (including phenoxy) is 1. The monoisotopic (exact) mass is 326 g/mol. The molecule has 5 nitrogen and oxygen atoms in total. The van der Waals surface area contributed by atoms with E-state index >= 15 is 0 Å². The second-order valence-corrected chi connectivity index (χ2v) is 5.37. The van der Waals surface area contributed by atoms with E-state index in [0.717, 1.165) is 12.8 Å². The SMILES string of the molecule is CCCCNC(=O)c1ccc(NC(=O)c2ccc(OC)cc2)cc1. The minimum atomic E-state index is -0.210. The molecular formula is C19H22N2O3. The first-order chi connectivity index (χ1) is 11.6. The van der Waals surface area contributed by atoms with Crippen LogP contribution in [0.15, 0.2) is 48.5 Å². The molecule has 0 spiro atoms. The minimum Gasteiger partial charge on any atom is -0.497 e. The molecule has 2 aromatic carbocycles. The van der Waals surface area contributed by atoms with Crippen molar-refractivity contribution in [2.75, 3.05) is 19.0 Å². The Hall–Kier alpha value is -2.82. The summed E-state index contributed by atoms with van der Waals surface area (Å²) in [6.45, 7) is 2.75. The average Bonchev–Trinajstić information content (AvgIpc) is 2.62. The number of hydrogen-bond donors (Lipinski definition) is 2. The molecule has 0 atom stereocenters. The summed E-state index contributed by atoms with van der Waals surface area (Å²) in [6.07, 6.45) is 2.00. The maximum Gasteiger partial charge on any atom is 0.255 e. The van der Waals surface area contributed by atoms with E-state index in [1.807, 2.05) is 0 Å². The second-order valence-electron chi connectivity index (χ2n) is 5.37. The van der Waals surface area contributed by atoms with Crippen molar-refractivity contribution in [3.05, 3.63) is 59.7 Å². The quantitative estimate of drug-likeness (QED) is 0.766. The van der Waals surface area contributed by atoms with Crippen molar-refractivity contribution in [2.24, 2.45) is 0 Å². The van der Waals surface area contributed by atoms with Crippen molar-refractivity contribution in [3.8, 4) is 5.75 Å². The lowest BCUT2D eigenvalue weighted by Gasteiger charge is -2.08. The van der Waals surface area contributed by atoms with Gasteiger partial charge < -0.3 is 15.4 Å². The van der Waals surface area contributed by atoms with Crippen LogP contribution in [0.4, 0.5) is 5.69 Å². The van der Waals surface area contributed by atoms with Crippen LogP contribution in [0.3, 0.4) is 0 Å². The molecule has 5 heteroatoms. The summed E-state index contributed by atoms with van der Waals surface area (Å²) in [5.74, 6) is 0.388. The fraction of sp³-hybridized carbons (Fsp3) is 0.263. The number of carbonyl (C=O) groups excluding carboxylic acids is 2. The van der Waals surface area contributed by atoms with Gasteiger partial charge in [0, 0.05) is 23.4 Å². The summed E-state index contributed by atoms with van der Waals surface area (Å²) in [7, 11) is 1.58. The zero-order valence-electron chi connectivity index (χ0n) is 14.0. The van der Waals surface area contributed by atoms with Gasteiger partial charge in [-0.1, -0.05) is 13.3 Å². The fourth-order valence-electron chi connectivity index (χ4n) is 2.13. The molecule has 2 aromatic rings.